The number of carbonyl (C=O) groups is 1. The molecule has 2 rings (SSSR count). The Morgan fingerprint density at radius 2 is 1.95 bits per heavy atom. The number of hydrogen-bond acceptors (Lipinski definition) is 5. The third kappa shape index (κ3) is 3.66. The van der Waals surface area contributed by atoms with Crippen LogP contribution in [0.3, 0.4) is 0 Å². The van der Waals surface area contributed by atoms with Gasteiger partial charge in [0.2, 0.25) is 5.43 Å². The Morgan fingerprint density at radius 1 is 1.23 bits per heavy atom. The summed E-state index contributed by atoms with van der Waals surface area (Å²) in [6.07, 6.45) is 1.98. The van der Waals surface area contributed by atoms with Gasteiger partial charge in [0.1, 0.15) is 6.61 Å². The first-order valence-electron chi connectivity index (χ1n) is 6.98. The maximum Gasteiger partial charge on any atom is 0.360 e. The number of rotatable bonds is 6. The monoisotopic (exact) mass is 302 g/mol. The Labute approximate surface area is 128 Å². The van der Waals surface area contributed by atoms with Crippen LogP contribution < -0.4 is 16.0 Å². The molecule has 0 unspecified atom stereocenters. The molecule has 0 aliphatic carbocycles. The summed E-state index contributed by atoms with van der Waals surface area (Å²) in [7, 11) is 0. The molecule has 6 heteroatoms. The van der Waals surface area contributed by atoms with Gasteiger partial charge in [-0.25, -0.2) is 4.79 Å². The Kier molecular flexibility index (Phi) is 5.19. The van der Waals surface area contributed by atoms with E-state index in [-0.39, 0.29) is 24.7 Å². The fourth-order valence-electron chi connectivity index (χ4n) is 1.86. The van der Waals surface area contributed by atoms with E-state index in [0.29, 0.717) is 6.42 Å². The largest absolute Gasteiger partial charge is 0.482 e. The maximum absolute atomic E-state index is 12.1. The molecule has 0 aliphatic rings. The Balaban J connectivity index is 2.27. The maximum atomic E-state index is 12.1. The van der Waals surface area contributed by atoms with Crippen molar-refractivity contribution in [1.29, 1.82) is 0 Å². The second kappa shape index (κ2) is 7.31. The Bertz CT molecular complexity index is 695. The van der Waals surface area contributed by atoms with Crippen molar-refractivity contribution in [2.45, 2.75) is 20.0 Å². The van der Waals surface area contributed by atoms with Gasteiger partial charge in [0.25, 0.3) is 0 Å². The summed E-state index contributed by atoms with van der Waals surface area (Å²) < 4.78 is 11.6. The molecular formula is C16H18N2O4. The van der Waals surface area contributed by atoms with E-state index in [1.807, 2.05) is 37.3 Å². The molecule has 0 aliphatic heterocycles. The number of esters is 1. The zero-order chi connectivity index (χ0) is 15.9. The summed E-state index contributed by atoms with van der Waals surface area (Å²) in [4.78, 5) is 24.1. The highest BCUT2D eigenvalue weighted by Crippen LogP contribution is 2.15. The van der Waals surface area contributed by atoms with E-state index < -0.39 is 11.4 Å². The lowest BCUT2D eigenvalue weighted by molar-refractivity contribution is 0.0487. The zero-order valence-corrected chi connectivity index (χ0v) is 12.3. The summed E-state index contributed by atoms with van der Waals surface area (Å²) >= 11 is 0. The Morgan fingerprint density at radius 3 is 2.64 bits per heavy atom. The molecule has 0 atom stereocenters. The van der Waals surface area contributed by atoms with Gasteiger partial charge in [-0.2, -0.15) is 0 Å². The first-order valence-corrected chi connectivity index (χ1v) is 6.98. The molecular weight excluding hydrogens is 284 g/mol. The van der Waals surface area contributed by atoms with Crippen LogP contribution >= 0.6 is 0 Å². The Hall–Kier alpha value is -2.76. The summed E-state index contributed by atoms with van der Waals surface area (Å²) in [5, 5.41) is 0. The molecule has 1 aromatic heterocycles. The van der Waals surface area contributed by atoms with Crippen molar-refractivity contribution in [3.63, 3.8) is 0 Å². The summed E-state index contributed by atoms with van der Waals surface area (Å²) in [6, 6.07) is 10.6. The third-order valence-corrected chi connectivity index (χ3v) is 2.94. The normalized spacial score (nSPS) is 10.2. The first kappa shape index (κ1) is 15.6. The molecule has 0 spiro atoms. The molecule has 22 heavy (non-hydrogen) atoms. The fourth-order valence-corrected chi connectivity index (χ4v) is 1.86. The van der Waals surface area contributed by atoms with Gasteiger partial charge in [-0.3, -0.25) is 9.47 Å². The molecule has 1 aromatic carbocycles. The number of hydrogen-bond donors (Lipinski definition) is 1. The number of nitrogens with two attached hydrogens (primary N) is 1. The van der Waals surface area contributed by atoms with Gasteiger partial charge in [-0.05, 0) is 12.0 Å². The average molecular weight is 302 g/mol. The summed E-state index contributed by atoms with van der Waals surface area (Å²) in [6.45, 7) is 2.29. The van der Waals surface area contributed by atoms with Gasteiger partial charge < -0.3 is 15.3 Å². The molecule has 2 N–H and O–H groups in total. The standard InChI is InChI=1S/C16H18N2O4/c1-2-10-21-16(20)14-15(13(19)8-9-18(14)17)22-11-12-6-4-3-5-7-12/h3-9H,2,10-11,17H2,1H3. The lowest BCUT2D eigenvalue weighted by atomic mass is 10.2. The third-order valence-electron chi connectivity index (χ3n) is 2.94. The van der Waals surface area contributed by atoms with E-state index in [0.717, 1.165) is 10.2 Å². The van der Waals surface area contributed by atoms with Crippen molar-refractivity contribution in [2.75, 3.05) is 12.4 Å². The van der Waals surface area contributed by atoms with Crippen molar-refractivity contribution in [1.82, 2.24) is 4.68 Å². The van der Waals surface area contributed by atoms with Gasteiger partial charge in [0.15, 0.2) is 11.4 Å². The van der Waals surface area contributed by atoms with Crippen molar-refractivity contribution in [3.8, 4) is 5.75 Å². The van der Waals surface area contributed by atoms with E-state index in [2.05, 4.69) is 0 Å². The van der Waals surface area contributed by atoms with Crippen molar-refractivity contribution < 1.29 is 14.3 Å². The van der Waals surface area contributed by atoms with Crippen LogP contribution in [0.25, 0.3) is 0 Å². The highest BCUT2D eigenvalue weighted by atomic mass is 16.5. The minimum absolute atomic E-state index is 0.0862. The van der Waals surface area contributed by atoms with E-state index in [4.69, 9.17) is 15.3 Å². The summed E-state index contributed by atoms with van der Waals surface area (Å²) in [5.41, 5.74) is 0.375. The number of nitrogen functional groups attached to an aromatic ring is 1. The fraction of sp³-hybridized carbons (Fsp3) is 0.250. The van der Waals surface area contributed by atoms with Crippen LogP contribution in [0.15, 0.2) is 47.4 Å². The molecule has 2 aromatic rings. The molecule has 0 saturated heterocycles. The number of benzene rings is 1. The van der Waals surface area contributed by atoms with Crippen LogP contribution in [-0.4, -0.2) is 17.3 Å². The zero-order valence-electron chi connectivity index (χ0n) is 12.3. The minimum Gasteiger partial charge on any atom is -0.482 e. The SMILES string of the molecule is CCCOC(=O)c1c(OCc2ccccc2)c(=O)ccn1N. The van der Waals surface area contributed by atoms with E-state index in [9.17, 15) is 9.59 Å². The van der Waals surface area contributed by atoms with E-state index in [1.165, 1.54) is 12.3 Å². The number of nitrogens with zero attached hydrogens (tertiary/aromatic N) is 1. The van der Waals surface area contributed by atoms with Crippen LogP contribution in [-0.2, 0) is 11.3 Å². The minimum atomic E-state index is -0.676. The highest BCUT2D eigenvalue weighted by Gasteiger charge is 2.20. The topological polar surface area (TPSA) is 83.5 Å². The van der Waals surface area contributed by atoms with Crippen molar-refractivity contribution >= 4 is 5.97 Å². The molecule has 0 fully saturated rings. The molecule has 0 radical (unpaired) electrons. The van der Waals surface area contributed by atoms with E-state index in [1.54, 1.807) is 0 Å². The van der Waals surface area contributed by atoms with Crippen molar-refractivity contribution in [2.24, 2.45) is 0 Å². The molecule has 6 nitrogen and oxygen atoms in total. The predicted molar refractivity (Wildman–Crippen MR) is 82.2 cm³/mol. The van der Waals surface area contributed by atoms with Crippen LogP contribution in [0.1, 0.15) is 29.4 Å². The second-order valence-electron chi connectivity index (χ2n) is 4.68. The van der Waals surface area contributed by atoms with Gasteiger partial charge in [-0.1, -0.05) is 37.3 Å². The molecule has 0 bridgehead atoms. The van der Waals surface area contributed by atoms with Crippen LogP contribution in [0.5, 0.6) is 5.75 Å². The number of aromatic nitrogens is 1. The lowest BCUT2D eigenvalue weighted by Gasteiger charge is -2.13. The second-order valence-corrected chi connectivity index (χ2v) is 4.68. The lowest BCUT2D eigenvalue weighted by Crippen LogP contribution is -2.26. The van der Waals surface area contributed by atoms with Gasteiger partial charge in [-0.15, -0.1) is 0 Å². The quantitative estimate of drug-likeness (QED) is 0.648. The average Bonchev–Trinajstić information content (AvgIpc) is 2.54. The highest BCUT2D eigenvalue weighted by molar-refractivity contribution is 5.90. The number of carbonyl (C=O) groups excluding carboxylic acids is 1. The van der Waals surface area contributed by atoms with E-state index >= 15 is 0 Å². The number of pyridine rings is 1. The van der Waals surface area contributed by atoms with Crippen LogP contribution in [0.4, 0.5) is 0 Å². The molecule has 116 valence electrons. The van der Waals surface area contributed by atoms with Gasteiger partial charge in [0.05, 0.1) is 6.61 Å². The van der Waals surface area contributed by atoms with Gasteiger partial charge >= 0.3 is 5.97 Å². The molecule has 0 amide bonds. The van der Waals surface area contributed by atoms with Crippen LogP contribution in [0.2, 0.25) is 0 Å². The molecule has 1 heterocycles. The van der Waals surface area contributed by atoms with Gasteiger partial charge in [0, 0.05) is 12.3 Å². The molecule has 0 saturated carbocycles. The van der Waals surface area contributed by atoms with Crippen molar-refractivity contribution in [3.05, 3.63) is 64.1 Å². The summed E-state index contributed by atoms with van der Waals surface area (Å²) in [5.74, 6) is 4.95. The number of ether oxygens (including phenoxy) is 2. The first-order chi connectivity index (χ1) is 10.6. The smallest absolute Gasteiger partial charge is 0.360 e. The predicted octanol–water partition coefficient (Wildman–Crippen LogP) is 1.71. The van der Waals surface area contributed by atoms with Crippen LogP contribution in [0, 0.1) is 0 Å².